The lowest BCUT2D eigenvalue weighted by Gasteiger charge is -2.09. The van der Waals surface area contributed by atoms with E-state index in [1.165, 1.54) is 11.3 Å². The molecule has 5 nitrogen and oxygen atoms in total. The highest BCUT2D eigenvalue weighted by Gasteiger charge is 2.08. The summed E-state index contributed by atoms with van der Waals surface area (Å²) in [5.41, 5.74) is 0. The molecule has 0 saturated heterocycles. The molecule has 2 aromatic rings. The van der Waals surface area contributed by atoms with Crippen molar-refractivity contribution in [3.8, 4) is 0 Å². The maximum atomic E-state index is 11.6. The van der Waals surface area contributed by atoms with Gasteiger partial charge in [-0.2, -0.15) is 0 Å². The van der Waals surface area contributed by atoms with E-state index in [2.05, 4.69) is 34.4 Å². The molecule has 0 aliphatic heterocycles. The SMILES string of the molecule is CC(C)CNC(=O)CCNc1nc(Cl)nc2sccc12. The number of rotatable bonds is 6. The summed E-state index contributed by atoms with van der Waals surface area (Å²) >= 11 is 7.38. The molecule has 2 rings (SSSR count). The fraction of sp³-hybridized carbons (Fsp3) is 0.462. The molecular formula is C13H17ClN4OS. The van der Waals surface area contributed by atoms with Crippen molar-refractivity contribution in [1.82, 2.24) is 15.3 Å². The summed E-state index contributed by atoms with van der Waals surface area (Å²) in [6.07, 6.45) is 0.403. The van der Waals surface area contributed by atoms with Crippen molar-refractivity contribution in [2.45, 2.75) is 20.3 Å². The number of amides is 1. The zero-order valence-corrected chi connectivity index (χ0v) is 13.0. The highest BCUT2D eigenvalue weighted by molar-refractivity contribution is 7.16. The van der Waals surface area contributed by atoms with Gasteiger partial charge >= 0.3 is 0 Å². The zero-order valence-electron chi connectivity index (χ0n) is 11.4. The largest absolute Gasteiger partial charge is 0.369 e. The van der Waals surface area contributed by atoms with Crippen LogP contribution in [-0.2, 0) is 4.79 Å². The summed E-state index contributed by atoms with van der Waals surface area (Å²) in [6.45, 7) is 5.35. The second-order valence-electron chi connectivity index (χ2n) is 4.86. The molecule has 0 fully saturated rings. The lowest BCUT2D eigenvalue weighted by atomic mass is 10.2. The molecule has 2 aromatic heterocycles. The lowest BCUT2D eigenvalue weighted by Crippen LogP contribution is -2.28. The highest BCUT2D eigenvalue weighted by Crippen LogP contribution is 2.26. The molecule has 0 spiro atoms. The van der Waals surface area contributed by atoms with Gasteiger partial charge in [0, 0.05) is 19.5 Å². The van der Waals surface area contributed by atoms with Gasteiger partial charge in [0.25, 0.3) is 0 Å². The van der Waals surface area contributed by atoms with Gasteiger partial charge in [0.1, 0.15) is 10.6 Å². The summed E-state index contributed by atoms with van der Waals surface area (Å²) in [7, 11) is 0. The molecule has 2 heterocycles. The molecule has 1 amide bonds. The van der Waals surface area contributed by atoms with Crippen LogP contribution in [0.2, 0.25) is 5.28 Å². The summed E-state index contributed by atoms with van der Waals surface area (Å²) < 4.78 is 0. The number of aromatic nitrogens is 2. The van der Waals surface area contributed by atoms with Crippen molar-refractivity contribution in [1.29, 1.82) is 0 Å². The molecule has 0 saturated carbocycles. The maximum Gasteiger partial charge on any atom is 0.225 e. The van der Waals surface area contributed by atoms with Crippen LogP contribution in [0.15, 0.2) is 11.4 Å². The van der Waals surface area contributed by atoms with Gasteiger partial charge in [-0.25, -0.2) is 9.97 Å². The zero-order chi connectivity index (χ0) is 14.5. The number of carbonyl (C=O) groups excluding carboxylic acids is 1. The molecule has 0 unspecified atom stereocenters. The quantitative estimate of drug-likeness (QED) is 0.805. The molecule has 0 aliphatic rings. The van der Waals surface area contributed by atoms with Crippen molar-refractivity contribution in [2.75, 3.05) is 18.4 Å². The van der Waals surface area contributed by atoms with E-state index in [1.807, 2.05) is 11.4 Å². The molecule has 7 heteroatoms. The number of nitrogens with zero attached hydrogens (tertiary/aromatic N) is 2. The minimum Gasteiger partial charge on any atom is -0.369 e. The number of nitrogens with one attached hydrogen (secondary N) is 2. The first-order valence-electron chi connectivity index (χ1n) is 6.47. The fourth-order valence-electron chi connectivity index (χ4n) is 1.66. The Balaban J connectivity index is 1.90. The highest BCUT2D eigenvalue weighted by atomic mass is 35.5. The number of thiophene rings is 1. The first-order chi connectivity index (χ1) is 9.56. The van der Waals surface area contributed by atoms with Gasteiger partial charge in [0.15, 0.2) is 0 Å². The third-order valence-electron chi connectivity index (χ3n) is 2.65. The van der Waals surface area contributed by atoms with E-state index >= 15 is 0 Å². The molecule has 0 atom stereocenters. The van der Waals surface area contributed by atoms with Gasteiger partial charge < -0.3 is 10.6 Å². The van der Waals surface area contributed by atoms with Crippen molar-refractivity contribution in [2.24, 2.45) is 5.92 Å². The molecule has 2 N–H and O–H groups in total. The molecule has 20 heavy (non-hydrogen) atoms. The number of halogens is 1. The Labute approximate surface area is 126 Å². The standard InChI is InChI=1S/C13H17ClN4OS/c1-8(2)7-16-10(19)3-5-15-11-9-4-6-20-12(9)18-13(14)17-11/h4,6,8H,3,5,7H2,1-2H3,(H,16,19)(H,15,17,18). The second kappa shape index (κ2) is 6.85. The first kappa shape index (κ1) is 15.0. The van der Waals surface area contributed by atoms with Gasteiger partial charge in [0.2, 0.25) is 11.2 Å². The van der Waals surface area contributed by atoms with E-state index in [0.717, 1.165) is 10.2 Å². The van der Waals surface area contributed by atoms with Gasteiger partial charge in [-0.3, -0.25) is 4.79 Å². The first-order valence-corrected chi connectivity index (χ1v) is 7.73. The van der Waals surface area contributed by atoms with Crippen LogP contribution in [0.5, 0.6) is 0 Å². The average Bonchev–Trinajstić information content (AvgIpc) is 2.84. The number of fused-ring (bicyclic) bond motifs is 1. The summed E-state index contributed by atoms with van der Waals surface area (Å²) in [5, 5.41) is 9.11. The Morgan fingerprint density at radius 2 is 2.25 bits per heavy atom. The number of anilines is 1. The van der Waals surface area contributed by atoms with E-state index in [0.29, 0.717) is 31.2 Å². The maximum absolute atomic E-state index is 11.6. The van der Waals surface area contributed by atoms with Crippen molar-refractivity contribution in [3.63, 3.8) is 0 Å². The Hall–Kier alpha value is -1.40. The predicted octanol–water partition coefficient (Wildman–Crippen LogP) is 2.92. The van der Waals surface area contributed by atoms with Crippen LogP contribution in [0.1, 0.15) is 20.3 Å². The molecule has 0 aliphatic carbocycles. The minimum absolute atomic E-state index is 0.0351. The van der Waals surface area contributed by atoms with Crippen LogP contribution in [0.3, 0.4) is 0 Å². The minimum atomic E-state index is 0.0351. The number of hydrogen-bond donors (Lipinski definition) is 2. The molecule has 0 bridgehead atoms. The van der Waals surface area contributed by atoms with Crippen LogP contribution >= 0.6 is 22.9 Å². The third kappa shape index (κ3) is 4.05. The van der Waals surface area contributed by atoms with Crippen molar-refractivity contribution < 1.29 is 4.79 Å². The second-order valence-corrected chi connectivity index (χ2v) is 6.09. The Morgan fingerprint density at radius 1 is 1.45 bits per heavy atom. The molecule has 0 radical (unpaired) electrons. The van der Waals surface area contributed by atoms with E-state index < -0.39 is 0 Å². The Morgan fingerprint density at radius 3 is 3.00 bits per heavy atom. The molecule has 108 valence electrons. The van der Waals surface area contributed by atoms with E-state index in [4.69, 9.17) is 11.6 Å². The van der Waals surface area contributed by atoms with Crippen LogP contribution in [0.4, 0.5) is 5.82 Å². The number of carbonyl (C=O) groups is 1. The van der Waals surface area contributed by atoms with Crippen LogP contribution in [0.25, 0.3) is 10.2 Å². The van der Waals surface area contributed by atoms with Gasteiger partial charge in [-0.1, -0.05) is 13.8 Å². The topological polar surface area (TPSA) is 66.9 Å². The summed E-state index contributed by atoms with van der Waals surface area (Å²) in [5.74, 6) is 1.17. The van der Waals surface area contributed by atoms with E-state index in [9.17, 15) is 4.79 Å². The van der Waals surface area contributed by atoms with Gasteiger partial charge in [-0.15, -0.1) is 11.3 Å². The lowest BCUT2D eigenvalue weighted by molar-refractivity contribution is -0.120. The summed E-state index contributed by atoms with van der Waals surface area (Å²) in [6, 6.07) is 1.94. The van der Waals surface area contributed by atoms with Crippen LogP contribution in [0, 0.1) is 5.92 Å². The summed E-state index contributed by atoms with van der Waals surface area (Å²) in [4.78, 5) is 20.8. The number of hydrogen-bond acceptors (Lipinski definition) is 5. The van der Waals surface area contributed by atoms with Gasteiger partial charge in [-0.05, 0) is 29.0 Å². The monoisotopic (exact) mass is 312 g/mol. The van der Waals surface area contributed by atoms with Crippen molar-refractivity contribution >= 4 is 44.9 Å². The van der Waals surface area contributed by atoms with Crippen LogP contribution < -0.4 is 10.6 Å². The average molecular weight is 313 g/mol. The normalized spacial score (nSPS) is 11.0. The molecular weight excluding hydrogens is 296 g/mol. The predicted molar refractivity (Wildman–Crippen MR) is 83.4 cm³/mol. The third-order valence-corrected chi connectivity index (χ3v) is 3.63. The van der Waals surface area contributed by atoms with Crippen molar-refractivity contribution in [3.05, 3.63) is 16.7 Å². The molecule has 0 aromatic carbocycles. The fourth-order valence-corrected chi connectivity index (χ4v) is 2.65. The Bertz CT molecular complexity index is 599. The Kier molecular flexibility index (Phi) is 5.14. The van der Waals surface area contributed by atoms with Gasteiger partial charge in [0.05, 0.1) is 5.39 Å². The van der Waals surface area contributed by atoms with E-state index in [1.54, 1.807) is 0 Å². The van der Waals surface area contributed by atoms with Crippen LogP contribution in [-0.4, -0.2) is 29.0 Å². The van der Waals surface area contributed by atoms with E-state index in [-0.39, 0.29) is 11.2 Å². The smallest absolute Gasteiger partial charge is 0.225 e.